The van der Waals surface area contributed by atoms with Gasteiger partial charge >= 0.3 is 0 Å². The Balaban J connectivity index is 3.50. The molecule has 0 aromatic heterocycles. The van der Waals surface area contributed by atoms with E-state index in [9.17, 15) is 4.79 Å². The van der Waals surface area contributed by atoms with Gasteiger partial charge < -0.3 is 4.90 Å². The van der Waals surface area contributed by atoms with Crippen molar-refractivity contribution < 1.29 is 4.79 Å². The van der Waals surface area contributed by atoms with E-state index in [0.29, 0.717) is 19.5 Å². The summed E-state index contributed by atoms with van der Waals surface area (Å²) in [4.78, 5) is 13.8. The summed E-state index contributed by atoms with van der Waals surface area (Å²) >= 11 is 0. The quantitative estimate of drug-likeness (QED) is 0.320. The second-order valence-electron chi connectivity index (χ2n) is 5.45. The number of hydrogen-bond acceptors (Lipinski definition) is 1. The van der Waals surface area contributed by atoms with E-state index in [4.69, 9.17) is 0 Å². The zero-order valence-electron chi connectivity index (χ0n) is 13.4. The van der Waals surface area contributed by atoms with Gasteiger partial charge in [0.1, 0.15) is 0 Å². The molecular weight excluding hydrogens is 246 g/mol. The number of carbonyl (C=O) groups is 1. The molecule has 0 aromatic rings. The van der Waals surface area contributed by atoms with Gasteiger partial charge in [-0.05, 0) is 6.42 Å². The summed E-state index contributed by atoms with van der Waals surface area (Å²) in [6.45, 7) is 10.9. The molecule has 2 heteroatoms. The molecule has 0 aliphatic rings. The number of carbonyl (C=O) groups excluding carboxylic acids is 1. The molecule has 0 bridgehead atoms. The smallest absolute Gasteiger partial charge is 0.223 e. The molecule has 0 spiro atoms. The first-order chi connectivity index (χ1) is 9.76. The van der Waals surface area contributed by atoms with Crippen LogP contribution in [-0.2, 0) is 4.79 Å². The lowest BCUT2D eigenvalue weighted by atomic mass is 10.1. The van der Waals surface area contributed by atoms with Crippen molar-refractivity contribution in [3.63, 3.8) is 0 Å². The molecule has 1 amide bonds. The van der Waals surface area contributed by atoms with Gasteiger partial charge in [0.15, 0.2) is 0 Å². The molecule has 0 saturated heterocycles. The average Bonchev–Trinajstić information content (AvgIpc) is 2.45. The topological polar surface area (TPSA) is 20.3 Å². The van der Waals surface area contributed by atoms with Crippen LogP contribution in [0, 0.1) is 0 Å². The summed E-state index contributed by atoms with van der Waals surface area (Å²) in [5.41, 5.74) is 0. The van der Waals surface area contributed by atoms with E-state index in [2.05, 4.69) is 20.1 Å². The Morgan fingerprint density at radius 3 is 1.75 bits per heavy atom. The summed E-state index contributed by atoms with van der Waals surface area (Å²) in [6.07, 6.45) is 15.8. The van der Waals surface area contributed by atoms with Gasteiger partial charge in [0.05, 0.1) is 0 Å². The Labute approximate surface area is 125 Å². The van der Waals surface area contributed by atoms with Crippen molar-refractivity contribution in [2.75, 3.05) is 13.1 Å². The van der Waals surface area contributed by atoms with Crippen LogP contribution in [0.1, 0.15) is 71.1 Å². The Morgan fingerprint density at radius 2 is 1.30 bits per heavy atom. The Bertz CT molecular complexity index is 250. The summed E-state index contributed by atoms with van der Waals surface area (Å²) in [5.74, 6) is 0.229. The highest BCUT2D eigenvalue weighted by atomic mass is 16.2. The number of unbranched alkanes of at least 4 members (excludes halogenated alkanes) is 8. The Hall–Kier alpha value is -1.05. The Morgan fingerprint density at radius 1 is 0.850 bits per heavy atom. The van der Waals surface area contributed by atoms with Crippen molar-refractivity contribution in [3.05, 3.63) is 25.3 Å². The van der Waals surface area contributed by atoms with Crippen LogP contribution in [0.2, 0.25) is 0 Å². The highest BCUT2D eigenvalue weighted by Crippen LogP contribution is 2.11. The summed E-state index contributed by atoms with van der Waals surface area (Å²) in [5, 5.41) is 0. The van der Waals surface area contributed by atoms with Gasteiger partial charge in [-0.2, -0.15) is 0 Å². The molecule has 0 radical (unpaired) electrons. The molecule has 0 fully saturated rings. The fourth-order valence-corrected chi connectivity index (χ4v) is 2.33. The highest BCUT2D eigenvalue weighted by Gasteiger charge is 2.09. The molecule has 0 atom stereocenters. The normalized spacial score (nSPS) is 10.2. The van der Waals surface area contributed by atoms with Crippen molar-refractivity contribution in [1.29, 1.82) is 0 Å². The highest BCUT2D eigenvalue weighted by molar-refractivity contribution is 5.76. The standard InChI is InChI=1S/C18H33NO/c1-4-7-8-9-10-11-12-13-14-15-18(20)19(16-5-2)17-6-3/h5-6H,2-4,7-17H2,1H3. The third-order valence-electron chi connectivity index (χ3n) is 3.55. The van der Waals surface area contributed by atoms with Gasteiger partial charge in [-0.1, -0.05) is 70.4 Å². The number of hydrogen-bond donors (Lipinski definition) is 0. The van der Waals surface area contributed by atoms with Crippen LogP contribution in [0.25, 0.3) is 0 Å². The Kier molecular flexibility index (Phi) is 13.6. The molecule has 0 aromatic carbocycles. The second kappa shape index (κ2) is 14.4. The van der Waals surface area contributed by atoms with Crippen molar-refractivity contribution >= 4 is 5.91 Å². The van der Waals surface area contributed by atoms with Gasteiger partial charge in [0.25, 0.3) is 0 Å². The molecule has 0 rings (SSSR count). The molecular formula is C18H33NO. The maximum absolute atomic E-state index is 12.0. The van der Waals surface area contributed by atoms with Crippen molar-refractivity contribution in [2.45, 2.75) is 71.1 Å². The van der Waals surface area contributed by atoms with Crippen LogP contribution < -0.4 is 0 Å². The third kappa shape index (κ3) is 10.8. The molecule has 20 heavy (non-hydrogen) atoms. The fourth-order valence-electron chi connectivity index (χ4n) is 2.33. The predicted octanol–water partition coefficient (Wildman–Crippen LogP) is 5.11. The summed E-state index contributed by atoms with van der Waals surface area (Å²) < 4.78 is 0. The maximum atomic E-state index is 12.0. The second-order valence-corrected chi connectivity index (χ2v) is 5.45. The lowest BCUT2D eigenvalue weighted by Gasteiger charge is -2.19. The van der Waals surface area contributed by atoms with Crippen LogP contribution in [0.15, 0.2) is 25.3 Å². The first-order valence-corrected chi connectivity index (χ1v) is 8.25. The first kappa shape index (κ1) is 18.9. The van der Waals surface area contributed by atoms with Crippen LogP contribution in [0.3, 0.4) is 0 Å². The lowest BCUT2D eigenvalue weighted by molar-refractivity contribution is -0.130. The molecule has 0 heterocycles. The molecule has 0 aliphatic heterocycles. The number of nitrogens with zero attached hydrogens (tertiary/aromatic N) is 1. The molecule has 0 aliphatic carbocycles. The van der Waals surface area contributed by atoms with E-state index in [1.54, 1.807) is 12.2 Å². The minimum atomic E-state index is 0.229. The van der Waals surface area contributed by atoms with E-state index in [-0.39, 0.29) is 5.91 Å². The van der Waals surface area contributed by atoms with E-state index >= 15 is 0 Å². The summed E-state index contributed by atoms with van der Waals surface area (Å²) in [6, 6.07) is 0. The van der Waals surface area contributed by atoms with E-state index in [0.717, 1.165) is 6.42 Å². The molecule has 0 N–H and O–H groups in total. The number of rotatable bonds is 14. The van der Waals surface area contributed by atoms with Crippen LogP contribution in [0.4, 0.5) is 0 Å². The minimum absolute atomic E-state index is 0.229. The molecule has 2 nitrogen and oxygen atoms in total. The minimum Gasteiger partial charge on any atom is -0.335 e. The van der Waals surface area contributed by atoms with Crippen molar-refractivity contribution in [2.24, 2.45) is 0 Å². The molecule has 116 valence electrons. The summed E-state index contributed by atoms with van der Waals surface area (Å²) in [7, 11) is 0. The molecule has 0 unspecified atom stereocenters. The fraction of sp³-hybridized carbons (Fsp3) is 0.722. The van der Waals surface area contributed by atoms with Gasteiger partial charge in [-0.3, -0.25) is 4.79 Å². The van der Waals surface area contributed by atoms with Gasteiger partial charge in [0, 0.05) is 19.5 Å². The lowest BCUT2D eigenvalue weighted by Crippen LogP contribution is -2.30. The van der Waals surface area contributed by atoms with Crippen LogP contribution in [0.5, 0.6) is 0 Å². The molecule has 0 saturated carbocycles. The van der Waals surface area contributed by atoms with Gasteiger partial charge in [0.2, 0.25) is 5.91 Å². The van der Waals surface area contributed by atoms with E-state index < -0.39 is 0 Å². The first-order valence-electron chi connectivity index (χ1n) is 8.25. The zero-order valence-corrected chi connectivity index (χ0v) is 13.4. The monoisotopic (exact) mass is 279 g/mol. The van der Waals surface area contributed by atoms with Crippen LogP contribution in [-0.4, -0.2) is 23.9 Å². The number of amides is 1. The SMILES string of the molecule is C=CCN(CC=C)C(=O)CCCCCCCCCCC. The van der Waals surface area contributed by atoms with Crippen LogP contribution >= 0.6 is 0 Å². The maximum Gasteiger partial charge on any atom is 0.223 e. The van der Waals surface area contributed by atoms with E-state index in [1.165, 1.54) is 51.4 Å². The third-order valence-corrected chi connectivity index (χ3v) is 3.55. The predicted molar refractivity (Wildman–Crippen MR) is 88.8 cm³/mol. The average molecular weight is 279 g/mol. The van der Waals surface area contributed by atoms with Crippen molar-refractivity contribution in [3.8, 4) is 0 Å². The van der Waals surface area contributed by atoms with Crippen molar-refractivity contribution in [1.82, 2.24) is 4.90 Å². The zero-order chi connectivity index (χ0) is 15.1. The van der Waals surface area contributed by atoms with Gasteiger partial charge in [-0.15, -0.1) is 13.2 Å². The van der Waals surface area contributed by atoms with E-state index in [1.807, 2.05) is 4.90 Å². The largest absolute Gasteiger partial charge is 0.335 e. The van der Waals surface area contributed by atoms with Gasteiger partial charge in [-0.25, -0.2) is 0 Å².